The lowest BCUT2D eigenvalue weighted by Crippen LogP contribution is -2.25. The summed E-state index contributed by atoms with van der Waals surface area (Å²) in [6.07, 6.45) is -0.883. The molecule has 0 fully saturated rings. The van der Waals surface area contributed by atoms with Crippen molar-refractivity contribution in [1.29, 1.82) is 0 Å². The first-order chi connectivity index (χ1) is 13.6. The molecule has 28 heavy (non-hydrogen) atoms. The molecule has 0 spiro atoms. The summed E-state index contributed by atoms with van der Waals surface area (Å²) >= 11 is 0. The van der Waals surface area contributed by atoms with Gasteiger partial charge in [0.2, 0.25) is 12.0 Å². The van der Waals surface area contributed by atoms with Crippen molar-refractivity contribution in [3.63, 3.8) is 0 Å². The summed E-state index contributed by atoms with van der Waals surface area (Å²) in [6, 6.07) is 22.6. The molecule has 0 aliphatic rings. The fraction of sp³-hybridized carbons (Fsp3) is 0.0909. The number of hydrogen-bond acceptors (Lipinski definition) is 4. The van der Waals surface area contributed by atoms with Crippen LogP contribution < -0.4 is 20.5 Å². The van der Waals surface area contributed by atoms with Crippen LogP contribution in [0, 0.1) is 0 Å². The molecule has 0 heterocycles. The maximum atomic E-state index is 12.9. The molecule has 0 unspecified atom stereocenters. The Morgan fingerprint density at radius 1 is 0.893 bits per heavy atom. The molecule has 6 nitrogen and oxygen atoms in total. The van der Waals surface area contributed by atoms with E-state index in [-0.39, 0.29) is 5.91 Å². The number of benzene rings is 3. The van der Waals surface area contributed by atoms with E-state index in [4.69, 9.17) is 15.2 Å². The Hall–Kier alpha value is -3.80. The number of carbonyl (C=O) groups is 2. The predicted octanol–water partition coefficient (Wildman–Crippen LogP) is 3.55. The lowest BCUT2D eigenvalue weighted by Gasteiger charge is -2.19. The highest BCUT2D eigenvalue weighted by molar-refractivity contribution is 5.95. The van der Waals surface area contributed by atoms with Crippen LogP contribution >= 0.6 is 0 Å². The summed E-state index contributed by atoms with van der Waals surface area (Å²) in [5, 5.41) is 2.85. The molecule has 0 aliphatic carbocycles. The van der Waals surface area contributed by atoms with Gasteiger partial charge in [0.1, 0.15) is 11.5 Å². The predicted molar refractivity (Wildman–Crippen MR) is 106 cm³/mol. The smallest absolute Gasteiger partial charge is 0.270 e. The Labute approximate surface area is 162 Å². The highest BCUT2D eigenvalue weighted by Crippen LogP contribution is 2.25. The summed E-state index contributed by atoms with van der Waals surface area (Å²) in [5.74, 6) is 0.219. The van der Waals surface area contributed by atoms with Gasteiger partial charge in [-0.3, -0.25) is 9.59 Å². The maximum Gasteiger partial charge on any atom is 0.270 e. The quantitative estimate of drug-likeness (QED) is 0.660. The first kappa shape index (κ1) is 19.0. The van der Waals surface area contributed by atoms with Gasteiger partial charge in [-0.25, -0.2) is 0 Å². The van der Waals surface area contributed by atoms with Crippen molar-refractivity contribution < 1.29 is 19.1 Å². The summed E-state index contributed by atoms with van der Waals surface area (Å²) in [6.45, 7) is 0. The molecule has 1 atom stereocenters. The number of nitrogens with two attached hydrogens (primary N) is 1. The van der Waals surface area contributed by atoms with Crippen LogP contribution in [0.5, 0.6) is 11.5 Å². The molecule has 142 valence electrons. The van der Waals surface area contributed by atoms with E-state index >= 15 is 0 Å². The molecule has 3 N–H and O–H groups in total. The van der Waals surface area contributed by atoms with Gasteiger partial charge < -0.3 is 20.5 Å². The van der Waals surface area contributed by atoms with Crippen molar-refractivity contribution in [3.8, 4) is 11.5 Å². The molecule has 2 amide bonds. The van der Waals surface area contributed by atoms with Crippen LogP contribution in [-0.2, 0) is 4.79 Å². The van der Waals surface area contributed by atoms with Crippen molar-refractivity contribution >= 4 is 17.5 Å². The molecule has 0 bridgehead atoms. The van der Waals surface area contributed by atoms with E-state index in [0.29, 0.717) is 28.3 Å². The highest BCUT2D eigenvalue weighted by atomic mass is 16.5. The molecule has 3 aromatic carbocycles. The zero-order valence-corrected chi connectivity index (χ0v) is 15.3. The maximum absolute atomic E-state index is 12.9. The van der Waals surface area contributed by atoms with Gasteiger partial charge >= 0.3 is 0 Å². The number of nitrogens with one attached hydrogen (secondary N) is 1. The summed E-state index contributed by atoms with van der Waals surface area (Å²) in [7, 11) is 1.56. The number of primary amides is 1. The van der Waals surface area contributed by atoms with Crippen LogP contribution in [-0.4, -0.2) is 18.9 Å². The van der Waals surface area contributed by atoms with E-state index in [1.54, 1.807) is 55.6 Å². The summed E-state index contributed by atoms with van der Waals surface area (Å²) < 4.78 is 11.1. The second-order valence-electron chi connectivity index (χ2n) is 6.02. The molecule has 6 heteroatoms. The first-order valence-corrected chi connectivity index (χ1v) is 8.63. The Kier molecular flexibility index (Phi) is 5.91. The van der Waals surface area contributed by atoms with Gasteiger partial charge in [-0.05, 0) is 36.4 Å². The second-order valence-corrected chi connectivity index (χ2v) is 6.02. The molecule has 3 aromatic rings. The number of ether oxygens (including phenoxy) is 2. The third-order valence-electron chi connectivity index (χ3n) is 4.07. The number of methoxy groups -OCH3 is 1. The van der Waals surface area contributed by atoms with Crippen LogP contribution in [0.4, 0.5) is 5.69 Å². The van der Waals surface area contributed by atoms with Crippen molar-refractivity contribution in [2.75, 3.05) is 12.4 Å². The third-order valence-corrected chi connectivity index (χ3v) is 4.07. The molecule has 0 saturated heterocycles. The van der Waals surface area contributed by atoms with E-state index in [0.717, 1.165) is 0 Å². The Morgan fingerprint density at radius 3 is 2.25 bits per heavy atom. The van der Waals surface area contributed by atoms with Gasteiger partial charge in [0.15, 0.2) is 0 Å². The lowest BCUT2D eigenvalue weighted by atomic mass is 10.1. The third kappa shape index (κ3) is 4.67. The fourth-order valence-electron chi connectivity index (χ4n) is 2.64. The van der Waals surface area contributed by atoms with Crippen LogP contribution in [0.25, 0.3) is 0 Å². The number of rotatable bonds is 7. The SMILES string of the molecule is COc1cccc(NC(=O)[C@H](Oc2ccc(C(N)=O)cc2)c2ccccc2)c1. The van der Waals surface area contributed by atoms with Gasteiger partial charge in [0, 0.05) is 22.9 Å². The Bertz CT molecular complexity index is 956. The van der Waals surface area contributed by atoms with Gasteiger partial charge in [0.05, 0.1) is 7.11 Å². The van der Waals surface area contributed by atoms with Gasteiger partial charge in [-0.1, -0.05) is 36.4 Å². The number of anilines is 1. The van der Waals surface area contributed by atoms with Gasteiger partial charge in [-0.15, -0.1) is 0 Å². The zero-order chi connectivity index (χ0) is 19.9. The molecule has 3 rings (SSSR count). The van der Waals surface area contributed by atoms with E-state index < -0.39 is 12.0 Å². The van der Waals surface area contributed by atoms with Crippen molar-refractivity contribution in [1.82, 2.24) is 0 Å². The first-order valence-electron chi connectivity index (χ1n) is 8.63. The van der Waals surface area contributed by atoms with Crippen molar-refractivity contribution in [2.45, 2.75) is 6.10 Å². The lowest BCUT2D eigenvalue weighted by molar-refractivity contribution is -0.123. The monoisotopic (exact) mass is 376 g/mol. The molecule has 0 radical (unpaired) electrons. The summed E-state index contributed by atoms with van der Waals surface area (Å²) in [5.41, 5.74) is 6.92. The number of hydrogen-bond donors (Lipinski definition) is 2. The second kappa shape index (κ2) is 8.73. The number of carbonyl (C=O) groups excluding carboxylic acids is 2. The van der Waals surface area contributed by atoms with Gasteiger partial charge in [-0.2, -0.15) is 0 Å². The van der Waals surface area contributed by atoms with Crippen LogP contribution in [0.2, 0.25) is 0 Å². The van der Waals surface area contributed by atoms with Crippen molar-refractivity contribution in [2.24, 2.45) is 5.73 Å². The fourth-order valence-corrected chi connectivity index (χ4v) is 2.64. The Morgan fingerprint density at radius 2 is 1.61 bits per heavy atom. The minimum absolute atomic E-state index is 0.335. The summed E-state index contributed by atoms with van der Waals surface area (Å²) in [4.78, 5) is 24.2. The van der Waals surface area contributed by atoms with E-state index in [9.17, 15) is 9.59 Å². The Balaban J connectivity index is 1.84. The minimum Gasteiger partial charge on any atom is -0.497 e. The molecular weight excluding hydrogens is 356 g/mol. The molecular formula is C22H20N2O4. The van der Waals surface area contributed by atoms with E-state index in [1.807, 2.05) is 30.3 Å². The standard InChI is InChI=1S/C22H20N2O4/c1-27-19-9-5-8-17(14-19)24-22(26)20(15-6-3-2-4-7-15)28-18-12-10-16(11-13-18)21(23)25/h2-14,20H,1H3,(H2,23,25)(H,24,26)/t20-/m1/s1. The van der Waals surface area contributed by atoms with Gasteiger partial charge in [0.25, 0.3) is 5.91 Å². The van der Waals surface area contributed by atoms with Crippen LogP contribution in [0.15, 0.2) is 78.9 Å². The van der Waals surface area contributed by atoms with E-state index in [2.05, 4.69) is 5.32 Å². The minimum atomic E-state index is -0.883. The van der Waals surface area contributed by atoms with E-state index in [1.165, 1.54) is 0 Å². The number of amides is 2. The highest BCUT2D eigenvalue weighted by Gasteiger charge is 2.23. The van der Waals surface area contributed by atoms with Crippen LogP contribution in [0.3, 0.4) is 0 Å². The van der Waals surface area contributed by atoms with Crippen molar-refractivity contribution in [3.05, 3.63) is 90.0 Å². The zero-order valence-electron chi connectivity index (χ0n) is 15.3. The molecule has 0 aliphatic heterocycles. The average molecular weight is 376 g/mol. The normalized spacial score (nSPS) is 11.3. The largest absolute Gasteiger partial charge is 0.497 e. The average Bonchev–Trinajstić information content (AvgIpc) is 2.73. The van der Waals surface area contributed by atoms with Crippen LogP contribution in [0.1, 0.15) is 22.0 Å². The molecule has 0 aromatic heterocycles. The topological polar surface area (TPSA) is 90.7 Å². The molecule has 0 saturated carbocycles.